The molecule has 0 unspecified atom stereocenters. The predicted molar refractivity (Wildman–Crippen MR) is 94.4 cm³/mol. The summed E-state index contributed by atoms with van der Waals surface area (Å²) in [5.74, 6) is 0.992. The van der Waals surface area contributed by atoms with E-state index in [0.29, 0.717) is 5.02 Å². The first-order chi connectivity index (χ1) is 11.8. The Labute approximate surface area is 148 Å². The molecule has 2 aromatic rings. The van der Waals surface area contributed by atoms with Gasteiger partial charge in [0, 0.05) is 5.02 Å². The topological polar surface area (TPSA) is 46.8 Å². The lowest BCUT2D eigenvalue weighted by molar-refractivity contribution is 0.0213. The Morgan fingerprint density at radius 1 is 0.958 bits per heavy atom. The number of nitrogens with zero attached hydrogens (tertiary/aromatic N) is 5. The van der Waals surface area contributed by atoms with Crippen LogP contribution in [0.15, 0.2) is 24.3 Å². The van der Waals surface area contributed by atoms with Gasteiger partial charge in [0.1, 0.15) is 0 Å². The molecule has 6 heteroatoms. The fraction of sp³-hybridized carbons (Fsp3) is 0.611. The number of hydrogen-bond donors (Lipinski definition) is 0. The third kappa shape index (κ3) is 2.84. The molecule has 0 N–H and O–H groups in total. The molecule has 5 nitrogen and oxygen atoms in total. The van der Waals surface area contributed by atoms with Crippen molar-refractivity contribution in [3.8, 4) is 5.69 Å². The van der Waals surface area contributed by atoms with Gasteiger partial charge in [0.05, 0.1) is 11.2 Å². The van der Waals surface area contributed by atoms with Gasteiger partial charge in [-0.2, -0.15) is 4.68 Å². The van der Waals surface area contributed by atoms with Crippen molar-refractivity contribution in [1.82, 2.24) is 25.1 Å². The van der Waals surface area contributed by atoms with Crippen LogP contribution in [0.1, 0.15) is 57.2 Å². The Bertz CT molecular complexity index is 686. The smallest absolute Gasteiger partial charge is 0.176 e. The molecule has 1 aromatic heterocycles. The number of tetrazole rings is 1. The van der Waals surface area contributed by atoms with E-state index in [-0.39, 0.29) is 5.54 Å². The van der Waals surface area contributed by atoms with Crippen LogP contribution >= 0.6 is 11.6 Å². The van der Waals surface area contributed by atoms with Crippen LogP contribution in [-0.2, 0) is 5.54 Å². The summed E-state index contributed by atoms with van der Waals surface area (Å²) in [5, 5.41) is 13.6. The highest BCUT2D eigenvalue weighted by Gasteiger charge is 2.44. The van der Waals surface area contributed by atoms with Gasteiger partial charge in [-0.15, -0.1) is 5.10 Å². The van der Waals surface area contributed by atoms with E-state index >= 15 is 0 Å². The maximum absolute atomic E-state index is 6.19. The molecule has 1 aliphatic heterocycles. The minimum absolute atomic E-state index is 0.0233. The van der Waals surface area contributed by atoms with Gasteiger partial charge in [0.2, 0.25) is 0 Å². The molecule has 0 amide bonds. The molecule has 128 valence electrons. The molecular formula is C18H24ClN5. The van der Waals surface area contributed by atoms with Crippen molar-refractivity contribution >= 4 is 11.6 Å². The molecule has 1 aromatic carbocycles. The summed E-state index contributed by atoms with van der Waals surface area (Å²) in [7, 11) is 0. The summed E-state index contributed by atoms with van der Waals surface area (Å²) in [4.78, 5) is 2.66. The van der Waals surface area contributed by atoms with Crippen molar-refractivity contribution < 1.29 is 0 Å². The number of rotatable bonds is 3. The molecule has 24 heavy (non-hydrogen) atoms. The van der Waals surface area contributed by atoms with Crippen molar-refractivity contribution in [3.63, 3.8) is 0 Å². The highest BCUT2D eigenvalue weighted by molar-refractivity contribution is 6.30. The maximum atomic E-state index is 6.19. The van der Waals surface area contributed by atoms with Gasteiger partial charge in [-0.25, -0.2) is 0 Å². The molecule has 0 radical (unpaired) electrons. The average Bonchev–Trinajstić information content (AvgIpc) is 3.13. The van der Waals surface area contributed by atoms with E-state index in [0.717, 1.165) is 37.4 Å². The van der Waals surface area contributed by atoms with Gasteiger partial charge in [-0.05, 0) is 67.4 Å². The number of likely N-dealkylation sites (tertiary alicyclic amines) is 1. The van der Waals surface area contributed by atoms with Crippen LogP contribution in [0.25, 0.3) is 5.69 Å². The third-order valence-corrected chi connectivity index (χ3v) is 5.82. The largest absolute Gasteiger partial charge is 0.291 e. The Morgan fingerprint density at radius 3 is 2.46 bits per heavy atom. The highest BCUT2D eigenvalue weighted by atomic mass is 35.5. The molecule has 1 saturated carbocycles. The van der Waals surface area contributed by atoms with Crippen LogP contribution in [0.4, 0.5) is 0 Å². The summed E-state index contributed by atoms with van der Waals surface area (Å²) in [6.45, 7) is 2.31. The summed E-state index contributed by atoms with van der Waals surface area (Å²) in [5.41, 5.74) is 0.925. The lowest BCUT2D eigenvalue weighted by Crippen LogP contribution is -2.51. The summed E-state index contributed by atoms with van der Waals surface area (Å²) >= 11 is 6.19. The predicted octanol–water partition coefficient (Wildman–Crippen LogP) is 3.96. The minimum Gasteiger partial charge on any atom is -0.291 e. The standard InChI is InChI=1S/C18H24ClN5/c19-15-8-7-9-16(14-15)24-17(20-21-22-24)18(10-3-1-4-11-18)23-12-5-2-6-13-23/h7-9,14H,1-6,10-13H2. The highest BCUT2D eigenvalue weighted by Crippen LogP contribution is 2.43. The zero-order valence-electron chi connectivity index (χ0n) is 14.0. The summed E-state index contributed by atoms with van der Waals surface area (Å²) in [6, 6.07) is 7.81. The van der Waals surface area contributed by atoms with Crippen molar-refractivity contribution in [2.75, 3.05) is 13.1 Å². The molecule has 0 spiro atoms. The van der Waals surface area contributed by atoms with E-state index in [1.165, 1.54) is 38.5 Å². The van der Waals surface area contributed by atoms with E-state index in [1.807, 2.05) is 28.9 Å². The van der Waals surface area contributed by atoms with Crippen molar-refractivity contribution in [2.45, 2.75) is 56.9 Å². The Hall–Kier alpha value is -1.46. The molecule has 2 aliphatic rings. The second-order valence-corrected chi connectivity index (χ2v) is 7.47. The van der Waals surface area contributed by atoms with Crippen molar-refractivity contribution in [1.29, 1.82) is 0 Å². The molecule has 4 rings (SSSR count). The Balaban J connectivity index is 1.78. The third-order valence-electron chi connectivity index (χ3n) is 5.58. The number of piperidine rings is 1. The molecular weight excluding hydrogens is 322 g/mol. The quantitative estimate of drug-likeness (QED) is 0.844. The monoisotopic (exact) mass is 345 g/mol. The lowest BCUT2D eigenvalue weighted by Gasteiger charge is -2.47. The minimum atomic E-state index is -0.0233. The zero-order chi connectivity index (χ0) is 16.4. The number of hydrogen-bond acceptors (Lipinski definition) is 4. The zero-order valence-corrected chi connectivity index (χ0v) is 14.8. The number of halogens is 1. The SMILES string of the molecule is Clc1cccc(-n2nnnc2C2(N3CCCCC3)CCCCC2)c1. The van der Waals surface area contributed by atoms with Gasteiger partial charge in [0.15, 0.2) is 5.82 Å². The molecule has 0 bridgehead atoms. The van der Waals surface area contributed by atoms with Crippen molar-refractivity contribution in [2.24, 2.45) is 0 Å². The van der Waals surface area contributed by atoms with Gasteiger partial charge in [0.25, 0.3) is 0 Å². The Kier molecular flexibility index (Phi) is 4.55. The van der Waals surface area contributed by atoms with E-state index < -0.39 is 0 Å². The van der Waals surface area contributed by atoms with Gasteiger partial charge in [-0.1, -0.05) is 43.4 Å². The second kappa shape index (κ2) is 6.81. The summed E-state index contributed by atoms with van der Waals surface area (Å²) < 4.78 is 1.91. The van der Waals surface area contributed by atoms with Crippen LogP contribution in [0.5, 0.6) is 0 Å². The maximum Gasteiger partial charge on any atom is 0.176 e. The molecule has 1 saturated heterocycles. The lowest BCUT2D eigenvalue weighted by atomic mass is 9.78. The molecule has 2 heterocycles. The van der Waals surface area contributed by atoms with Crippen LogP contribution in [0, 0.1) is 0 Å². The number of benzene rings is 1. The molecule has 1 aliphatic carbocycles. The van der Waals surface area contributed by atoms with Crippen LogP contribution in [0.3, 0.4) is 0 Å². The first-order valence-corrected chi connectivity index (χ1v) is 9.47. The summed E-state index contributed by atoms with van der Waals surface area (Å²) in [6.07, 6.45) is 10.0. The van der Waals surface area contributed by atoms with Crippen LogP contribution in [-0.4, -0.2) is 38.2 Å². The Morgan fingerprint density at radius 2 is 1.71 bits per heavy atom. The van der Waals surface area contributed by atoms with E-state index in [9.17, 15) is 0 Å². The molecule has 0 atom stereocenters. The second-order valence-electron chi connectivity index (χ2n) is 7.03. The fourth-order valence-corrected chi connectivity index (χ4v) is 4.58. The van der Waals surface area contributed by atoms with Crippen LogP contribution in [0.2, 0.25) is 5.02 Å². The van der Waals surface area contributed by atoms with Crippen molar-refractivity contribution in [3.05, 3.63) is 35.1 Å². The van der Waals surface area contributed by atoms with Gasteiger partial charge >= 0.3 is 0 Å². The van der Waals surface area contributed by atoms with E-state index in [1.54, 1.807) is 0 Å². The average molecular weight is 346 g/mol. The van der Waals surface area contributed by atoms with Gasteiger partial charge < -0.3 is 0 Å². The first kappa shape index (κ1) is 16.0. The first-order valence-electron chi connectivity index (χ1n) is 9.09. The molecule has 2 fully saturated rings. The number of aromatic nitrogens is 4. The van der Waals surface area contributed by atoms with E-state index in [4.69, 9.17) is 11.6 Å². The fourth-order valence-electron chi connectivity index (χ4n) is 4.40. The van der Waals surface area contributed by atoms with E-state index in [2.05, 4.69) is 20.4 Å². The normalized spacial score (nSPS) is 21.7. The van der Waals surface area contributed by atoms with Crippen LogP contribution < -0.4 is 0 Å². The van der Waals surface area contributed by atoms with Gasteiger partial charge in [-0.3, -0.25) is 4.90 Å².